The number of hydrogen-bond acceptors (Lipinski definition) is 5. The molecule has 23 heavy (non-hydrogen) atoms. The van der Waals surface area contributed by atoms with Crippen molar-refractivity contribution in [3.05, 3.63) is 47.8 Å². The minimum absolute atomic E-state index is 0.204. The Morgan fingerprint density at radius 3 is 2.52 bits per heavy atom. The molecule has 0 saturated carbocycles. The lowest BCUT2D eigenvalue weighted by Crippen LogP contribution is -2.30. The van der Waals surface area contributed by atoms with Gasteiger partial charge in [0.2, 0.25) is 5.91 Å². The summed E-state index contributed by atoms with van der Waals surface area (Å²) in [5.74, 6) is -0.585. The highest BCUT2D eigenvalue weighted by atomic mass is 16.5. The molecule has 122 valence electrons. The lowest BCUT2D eigenvalue weighted by atomic mass is 10.1. The van der Waals surface area contributed by atoms with Crippen LogP contribution in [0.25, 0.3) is 0 Å². The lowest BCUT2D eigenvalue weighted by molar-refractivity contribution is -0.118. The van der Waals surface area contributed by atoms with Gasteiger partial charge in [0.25, 0.3) is 0 Å². The van der Waals surface area contributed by atoms with Gasteiger partial charge in [-0.05, 0) is 38.2 Å². The molecular formula is C16H20N4O3. The molecule has 1 amide bonds. The smallest absolute Gasteiger partial charge is 0.338 e. The first-order valence-corrected chi connectivity index (χ1v) is 7.29. The van der Waals surface area contributed by atoms with Crippen molar-refractivity contribution < 1.29 is 14.3 Å². The number of aryl methyl sites for hydroxylation is 1. The molecule has 2 aromatic rings. The number of likely N-dealkylation sites (N-methyl/N-ethyl adjacent to an activating group) is 1. The van der Waals surface area contributed by atoms with E-state index in [1.54, 1.807) is 62.4 Å². The number of esters is 1. The highest BCUT2D eigenvalue weighted by molar-refractivity contribution is 5.96. The van der Waals surface area contributed by atoms with E-state index in [1.807, 2.05) is 0 Å². The Hall–Kier alpha value is -2.67. The van der Waals surface area contributed by atoms with E-state index in [1.165, 1.54) is 0 Å². The van der Waals surface area contributed by atoms with E-state index in [0.717, 1.165) is 5.56 Å². The number of hydrogen-bond donors (Lipinski definition) is 2. The average molecular weight is 316 g/mol. The predicted octanol–water partition coefficient (Wildman–Crippen LogP) is 1.50. The summed E-state index contributed by atoms with van der Waals surface area (Å²) in [4.78, 5) is 24.0. The summed E-state index contributed by atoms with van der Waals surface area (Å²) in [5.41, 5.74) is 1.82. The van der Waals surface area contributed by atoms with E-state index < -0.39 is 6.04 Å². The minimum Gasteiger partial charge on any atom is -0.462 e. The van der Waals surface area contributed by atoms with Gasteiger partial charge in [0.15, 0.2) is 0 Å². The van der Waals surface area contributed by atoms with E-state index in [0.29, 0.717) is 17.9 Å². The van der Waals surface area contributed by atoms with Gasteiger partial charge in [-0.3, -0.25) is 9.48 Å². The van der Waals surface area contributed by atoms with Crippen LogP contribution in [0.4, 0.5) is 5.69 Å². The molecule has 0 aliphatic rings. The van der Waals surface area contributed by atoms with Gasteiger partial charge in [0, 0.05) is 24.5 Å². The summed E-state index contributed by atoms with van der Waals surface area (Å²) in [7, 11) is 3.50. The first-order chi connectivity index (χ1) is 11.0. The molecule has 7 heteroatoms. The molecule has 0 saturated heterocycles. The van der Waals surface area contributed by atoms with Crippen molar-refractivity contribution in [1.82, 2.24) is 15.1 Å². The monoisotopic (exact) mass is 316 g/mol. The zero-order chi connectivity index (χ0) is 16.8. The number of carbonyl (C=O) groups excluding carboxylic acids is 2. The second-order valence-electron chi connectivity index (χ2n) is 4.96. The van der Waals surface area contributed by atoms with E-state index in [4.69, 9.17) is 4.74 Å². The third-order valence-electron chi connectivity index (χ3n) is 3.27. The summed E-state index contributed by atoms with van der Waals surface area (Å²) in [6, 6.07) is 6.06. The van der Waals surface area contributed by atoms with Crippen molar-refractivity contribution in [2.24, 2.45) is 7.05 Å². The molecule has 1 heterocycles. The summed E-state index contributed by atoms with van der Waals surface area (Å²) in [6.07, 6.45) is 3.43. The normalized spacial score (nSPS) is 11.8. The molecule has 1 aromatic heterocycles. The summed E-state index contributed by atoms with van der Waals surface area (Å²) >= 11 is 0. The van der Waals surface area contributed by atoms with Gasteiger partial charge in [-0.15, -0.1) is 0 Å². The van der Waals surface area contributed by atoms with Crippen LogP contribution in [0.3, 0.4) is 0 Å². The number of ether oxygens (including phenoxy) is 1. The molecule has 0 spiro atoms. The number of nitrogens with one attached hydrogen (secondary N) is 2. The Bertz CT molecular complexity index is 679. The van der Waals surface area contributed by atoms with Gasteiger partial charge in [-0.25, -0.2) is 4.79 Å². The second-order valence-corrected chi connectivity index (χ2v) is 4.96. The number of amides is 1. The van der Waals surface area contributed by atoms with Crippen LogP contribution in [0.1, 0.15) is 28.9 Å². The molecule has 1 unspecified atom stereocenters. The molecule has 7 nitrogen and oxygen atoms in total. The number of aromatic nitrogens is 2. The molecule has 0 aliphatic carbocycles. The molecule has 0 radical (unpaired) electrons. The van der Waals surface area contributed by atoms with Crippen LogP contribution in [-0.4, -0.2) is 35.3 Å². The highest BCUT2D eigenvalue weighted by Gasteiger charge is 2.20. The van der Waals surface area contributed by atoms with E-state index in [2.05, 4.69) is 15.7 Å². The van der Waals surface area contributed by atoms with Crippen LogP contribution in [0.5, 0.6) is 0 Å². The molecule has 0 fully saturated rings. The highest BCUT2D eigenvalue weighted by Crippen LogP contribution is 2.16. The summed E-state index contributed by atoms with van der Waals surface area (Å²) in [5, 5.41) is 9.84. The van der Waals surface area contributed by atoms with Crippen LogP contribution in [0, 0.1) is 0 Å². The van der Waals surface area contributed by atoms with Gasteiger partial charge < -0.3 is 15.4 Å². The zero-order valence-corrected chi connectivity index (χ0v) is 13.4. The number of carbonyl (C=O) groups is 2. The molecule has 2 N–H and O–H groups in total. The van der Waals surface area contributed by atoms with Crippen molar-refractivity contribution in [3.8, 4) is 0 Å². The third kappa shape index (κ3) is 4.17. The Labute approximate surface area is 134 Å². The fourth-order valence-electron chi connectivity index (χ4n) is 2.16. The molecule has 1 aromatic carbocycles. The van der Waals surface area contributed by atoms with Crippen molar-refractivity contribution in [2.45, 2.75) is 13.0 Å². The quantitative estimate of drug-likeness (QED) is 0.789. The average Bonchev–Trinajstić information content (AvgIpc) is 2.95. The van der Waals surface area contributed by atoms with Crippen molar-refractivity contribution in [2.75, 3.05) is 19.0 Å². The van der Waals surface area contributed by atoms with Gasteiger partial charge in [0.05, 0.1) is 18.4 Å². The van der Waals surface area contributed by atoms with Gasteiger partial charge in [0.1, 0.15) is 6.04 Å². The third-order valence-corrected chi connectivity index (χ3v) is 3.27. The van der Waals surface area contributed by atoms with Crippen molar-refractivity contribution >= 4 is 17.6 Å². The fraction of sp³-hybridized carbons (Fsp3) is 0.312. The van der Waals surface area contributed by atoms with Crippen LogP contribution < -0.4 is 10.6 Å². The topological polar surface area (TPSA) is 85.2 Å². The fourth-order valence-corrected chi connectivity index (χ4v) is 2.16. The van der Waals surface area contributed by atoms with Crippen LogP contribution in [-0.2, 0) is 16.6 Å². The molecular weight excluding hydrogens is 296 g/mol. The number of anilines is 1. The van der Waals surface area contributed by atoms with Gasteiger partial charge in [-0.1, -0.05) is 0 Å². The van der Waals surface area contributed by atoms with Gasteiger partial charge >= 0.3 is 5.97 Å². The Kier molecular flexibility index (Phi) is 5.48. The van der Waals surface area contributed by atoms with Crippen LogP contribution >= 0.6 is 0 Å². The predicted molar refractivity (Wildman–Crippen MR) is 86.0 cm³/mol. The van der Waals surface area contributed by atoms with Crippen LogP contribution in [0.2, 0.25) is 0 Å². The second kappa shape index (κ2) is 7.55. The molecule has 0 aliphatic heterocycles. The number of nitrogens with zero attached hydrogens (tertiary/aromatic N) is 2. The van der Waals surface area contributed by atoms with E-state index >= 15 is 0 Å². The summed E-state index contributed by atoms with van der Waals surface area (Å²) < 4.78 is 6.56. The molecule has 2 rings (SSSR count). The maximum absolute atomic E-state index is 12.4. The van der Waals surface area contributed by atoms with Crippen molar-refractivity contribution in [3.63, 3.8) is 0 Å². The largest absolute Gasteiger partial charge is 0.462 e. The van der Waals surface area contributed by atoms with Gasteiger partial charge in [-0.2, -0.15) is 5.10 Å². The van der Waals surface area contributed by atoms with Crippen LogP contribution in [0.15, 0.2) is 36.7 Å². The van der Waals surface area contributed by atoms with E-state index in [-0.39, 0.29) is 11.9 Å². The standard InChI is InChI=1S/C16H20N4O3/c1-4-23-16(22)11-5-7-13(8-6-11)19-15(21)14(17-2)12-9-18-20(3)10-12/h5-10,14,17H,4H2,1-3H3,(H,19,21). The molecule has 1 atom stereocenters. The zero-order valence-electron chi connectivity index (χ0n) is 13.4. The maximum Gasteiger partial charge on any atom is 0.338 e. The Morgan fingerprint density at radius 1 is 1.30 bits per heavy atom. The number of rotatable bonds is 6. The SMILES string of the molecule is CCOC(=O)c1ccc(NC(=O)C(NC)c2cnn(C)c2)cc1. The summed E-state index contributed by atoms with van der Waals surface area (Å²) in [6.45, 7) is 2.08. The Balaban J connectivity index is 2.05. The molecule has 0 bridgehead atoms. The minimum atomic E-state index is -0.506. The number of benzene rings is 1. The lowest BCUT2D eigenvalue weighted by Gasteiger charge is -2.14. The maximum atomic E-state index is 12.4. The Morgan fingerprint density at radius 2 is 2.00 bits per heavy atom. The first-order valence-electron chi connectivity index (χ1n) is 7.29. The first kappa shape index (κ1) is 16.7. The van der Waals surface area contributed by atoms with Crippen molar-refractivity contribution in [1.29, 1.82) is 0 Å². The van der Waals surface area contributed by atoms with E-state index in [9.17, 15) is 9.59 Å².